The van der Waals surface area contributed by atoms with Gasteiger partial charge in [-0.1, -0.05) is 6.92 Å². The average molecular weight is 327 g/mol. The maximum atomic E-state index is 10.6. The van der Waals surface area contributed by atoms with Gasteiger partial charge < -0.3 is 9.90 Å². The van der Waals surface area contributed by atoms with Gasteiger partial charge in [-0.15, -0.1) is 16.4 Å². The van der Waals surface area contributed by atoms with Gasteiger partial charge in [0.25, 0.3) is 0 Å². The molecule has 7 heteroatoms. The average Bonchev–Trinajstić information content (AvgIpc) is 3.06. The number of aryl methyl sites for hydroxylation is 2. The van der Waals surface area contributed by atoms with E-state index in [0.717, 1.165) is 40.6 Å². The molecule has 3 aromatic rings. The highest BCUT2D eigenvalue weighted by molar-refractivity contribution is 7.19. The lowest BCUT2D eigenvalue weighted by Gasteiger charge is -2.17. The minimum Gasteiger partial charge on any atom is -0.545 e. The van der Waals surface area contributed by atoms with Gasteiger partial charge in [0.05, 0.1) is 11.4 Å². The van der Waals surface area contributed by atoms with Crippen molar-refractivity contribution >= 4 is 39.2 Å². The standard InChI is InChI=1S/C16H16N4O2S/c1-8-3-4-11-10(7-8)14-15-18-12(5-6-13(21)22)19-20(15)9(2)17-16(14)23-11/h5-6,8H,3-4,7H2,1-2H3,(H,21,22)/p-1/b6-5+/t8-/m1/s1. The lowest BCUT2D eigenvalue weighted by atomic mass is 9.89. The van der Waals surface area contributed by atoms with Crippen molar-refractivity contribution in [1.82, 2.24) is 19.6 Å². The molecule has 118 valence electrons. The van der Waals surface area contributed by atoms with E-state index in [1.54, 1.807) is 15.9 Å². The molecular formula is C16H15N4O2S-. The number of carbonyl (C=O) groups is 1. The van der Waals surface area contributed by atoms with Gasteiger partial charge in [0.15, 0.2) is 11.5 Å². The Balaban J connectivity index is 1.99. The number of fused-ring (bicyclic) bond motifs is 5. The third-order valence-corrected chi connectivity index (χ3v) is 5.46. The summed E-state index contributed by atoms with van der Waals surface area (Å²) >= 11 is 1.74. The Morgan fingerprint density at radius 3 is 3.04 bits per heavy atom. The number of hydrogen-bond acceptors (Lipinski definition) is 6. The van der Waals surface area contributed by atoms with E-state index >= 15 is 0 Å². The highest BCUT2D eigenvalue weighted by atomic mass is 32.1. The molecule has 0 amide bonds. The van der Waals surface area contributed by atoms with Crippen molar-refractivity contribution in [3.05, 3.63) is 28.2 Å². The van der Waals surface area contributed by atoms with Crippen LogP contribution in [0.5, 0.6) is 0 Å². The van der Waals surface area contributed by atoms with Crippen LogP contribution in [-0.4, -0.2) is 25.6 Å². The van der Waals surface area contributed by atoms with Crippen LogP contribution in [0.25, 0.3) is 21.9 Å². The number of carboxylic acids is 1. The van der Waals surface area contributed by atoms with Crippen molar-refractivity contribution in [3.8, 4) is 0 Å². The normalized spacial score (nSPS) is 18.1. The van der Waals surface area contributed by atoms with Gasteiger partial charge >= 0.3 is 0 Å². The van der Waals surface area contributed by atoms with E-state index in [0.29, 0.717) is 11.7 Å². The number of hydrogen-bond donors (Lipinski definition) is 0. The van der Waals surface area contributed by atoms with E-state index in [4.69, 9.17) is 0 Å². The highest BCUT2D eigenvalue weighted by Gasteiger charge is 2.24. The smallest absolute Gasteiger partial charge is 0.175 e. The van der Waals surface area contributed by atoms with E-state index in [1.807, 2.05) is 6.92 Å². The van der Waals surface area contributed by atoms with Crippen LogP contribution < -0.4 is 5.11 Å². The minimum absolute atomic E-state index is 0.357. The molecule has 3 heterocycles. The molecule has 6 nitrogen and oxygen atoms in total. The first kappa shape index (κ1) is 14.3. The molecule has 0 saturated heterocycles. The number of carbonyl (C=O) groups excluding carboxylic acids is 1. The van der Waals surface area contributed by atoms with Crippen molar-refractivity contribution in [2.75, 3.05) is 0 Å². The third-order valence-electron chi connectivity index (χ3n) is 4.27. The Kier molecular flexibility index (Phi) is 3.19. The summed E-state index contributed by atoms with van der Waals surface area (Å²) in [5, 5.41) is 16.0. The molecule has 4 rings (SSSR count). The summed E-state index contributed by atoms with van der Waals surface area (Å²) in [5.74, 6) is 0.503. The first-order valence-electron chi connectivity index (χ1n) is 7.59. The number of aromatic nitrogens is 4. The molecule has 0 spiro atoms. The summed E-state index contributed by atoms with van der Waals surface area (Å²) in [6, 6.07) is 0. The molecule has 0 saturated carbocycles. The Morgan fingerprint density at radius 2 is 2.26 bits per heavy atom. The molecule has 0 radical (unpaired) electrons. The molecule has 1 atom stereocenters. The predicted molar refractivity (Wildman–Crippen MR) is 86.1 cm³/mol. The second-order valence-corrected chi connectivity index (χ2v) is 7.13. The zero-order valence-electron chi connectivity index (χ0n) is 12.9. The lowest BCUT2D eigenvalue weighted by Crippen LogP contribution is -2.18. The van der Waals surface area contributed by atoms with Crippen molar-refractivity contribution in [2.45, 2.75) is 33.1 Å². The van der Waals surface area contributed by atoms with Gasteiger partial charge in [-0.2, -0.15) is 4.52 Å². The Bertz CT molecular complexity index is 970. The highest BCUT2D eigenvalue weighted by Crippen LogP contribution is 2.38. The van der Waals surface area contributed by atoms with Crippen LogP contribution in [0.15, 0.2) is 6.08 Å². The number of nitrogens with zero attached hydrogens (tertiary/aromatic N) is 4. The van der Waals surface area contributed by atoms with Gasteiger partial charge in [0.2, 0.25) is 0 Å². The second-order valence-electron chi connectivity index (χ2n) is 6.05. The van der Waals surface area contributed by atoms with Crippen LogP contribution in [-0.2, 0) is 17.6 Å². The first-order chi connectivity index (χ1) is 11.0. The van der Waals surface area contributed by atoms with Gasteiger partial charge in [-0.3, -0.25) is 0 Å². The zero-order valence-corrected chi connectivity index (χ0v) is 13.7. The van der Waals surface area contributed by atoms with Crippen LogP contribution in [0.4, 0.5) is 0 Å². The SMILES string of the molecule is Cc1nc2sc3c(c2c2nc(/C=C/C(=O)[O-])nn12)C[C@H](C)CC3. The van der Waals surface area contributed by atoms with Crippen molar-refractivity contribution in [1.29, 1.82) is 0 Å². The maximum absolute atomic E-state index is 10.6. The van der Waals surface area contributed by atoms with Crippen LogP contribution >= 0.6 is 11.3 Å². The van der Waals surface area contributed by atoms with Crippen molar-refractivity contribution in [3.63, 3.8) is 0 Å². The molecule has 1 aliphatic carbocycles. The Labute approximate surface area is 136 Å². The molecule has 0 N–H and O–H groups in total. The maximum Gasteiger partial charge on any atom is 0.175 e. The predicted octanol–water partition coefficient (Wildman–Crippen LogP) is 1.54. The summed E-state index contributed by atoms with van der Waals surface area (Å²) in [7, 11) is 0. The molecule has 0 aliphatic heterocycles. The largest absolute Gasteiger partial charge is 0.545 e. The van der Waals surface area contributed by atoms with E-state index in [2.05, 4.69) is 22.0 Å². The number of carboxylic acid groups (broad SMARTS) is 1. The van der Waals surface area contributed by atoms with Gasteiger partial charge in [-0.25, -0.2) is 9.97 Å². The molecule has 0 unspecified atom stereocenters. The number of rotatable bonds is 2. The van der Waals surface area contributed by atoms with Gasteiger partial charge in [-0.05, 0) is 49.8 Å². The van der Waals surface area contributed by atoms with Gasteiger partial charge in [0.1, 0.15) is 10.7 Å². The Hall–Kier alpha value is -2.28. The molecular weight excluding hydrogens is 312 g/mol. The van der Waals surface area contributed by atoms with E-state index in [9.17, 15) is 9.90 Å². The fourth-order valence-corrected chi connectivity index (χ4v) is 4.43. The first-order valence-corrected chi connectivity index (χ1v) is 8.41. The molecule has 3 aromatic heterocycles. The summed E-state index contributed by atoms with van der Waals surface area (Å²) in [4.78, 5) is 22.2. The quantitative estimate of drug-likeness (QED) is 0.667. The zero-order chi connectivity index (χ0) is 16.1. The monoisotopic (exact) mass is 327 g/mol. The fraction of sp³-hybridized carbons (Fsp3) is 0.375. The molecule has 23 heavy (non-hydrogen) atoms. The van der Waals surface area contributed by atoms with Crippen molar-refractivity contribution < 1.29 is 9.90 Å². The van der Waals surface area contributed by atoms with Gasteiger partial charge in [0, 0.05) is 4.88 Å². The number of thiophene rings is 1. The van der Waals surface area contributed by atoms with Crippen LogP contribution in [0.3, 0.4) is 0 Å². The van der Waals surface area contributed by atoms with E-state index in [1.165, 1.54) is 22.9 Å². The molecule has 0 aromatic carbocycles. The summed E-state index contributed by atoms with van der Waals surface area (Å²) < 4.78 is 1.70. The molecule has 0 fully saturated rings. The van der Waals surface area contributed by atoms with E-state index < -0.39 is 5.97 Å². The summed E-state index contributed by atoms with van der Waals surface area (Å²) in [5.41, 5.74) is 2.10. The second kappa shape index (κ2) is 5.13. The summed E-state index contributed by atoms with van der Waals surface area (Å²) in [6.07, 6.45) is 5.64. The van der Waals surface area contributed by atoms with Crippen LogP contribution in [0, 0.1) is 12.8 Å². The molecule has 0 bridgehead atoms. The number of aliphatic carboxylic acids is 1. The molecule has 1 aliphatic rings. The lowest BCUT2D eigenvalue weighted by molar-refractivity contribution is -0.297. The third kappa shape index (κ3) is 2.31. The Morgan fingerprint density at radius 1 is 1.43 bits per heavy atom. The topological polar surface area (TPSA) is 83.2 Å². The van der Waals surface area contributed by atoms with Crippen LogP contribution in [0.1, 0.15) is 35.4 Å². The van der Waals surface area contributed by atoms with Crippen molar-refractivity contribution in [2.24, 2.45) is 5.92 Å². The van der Waals surface area contributed by atoms with Crippen LogP contribution in [0.2, 0.25) is 0 Å². The minimum atomic E-state index is -1.26. The summed E-state index contributed by atoms with van der Waals surface area (Å²) in [6.45, 7) is 4.15. The van der Waals surface area contributed by atoms with E-state index in [-0.39, 0.29) is 0 Å². The fourth-order valence-electron chi connectivity index (χ4n) is 3.18.